The zero-order chi connectivity index (χ0) is 13.6. The molecule has 0 amide bonds. The molecular formula is C14H10BrClN2S. The van der Waals surface area contributed by atoms with Crippen LogP contribution < -0.4 is 0 Å². The number of aryl methyl sites for hydroxylation is 1. The number of H-pyrrole nitrogens is 1. The number of aromatic amines is 1. The SMILES string of the molecule is Cc1ccc(Cl)c(-n2c(=S)[nH]c3cc(Br)ccc32)c1. The Hall–Kier alpha value is -1.10. The quantitative estimate of drug-likeness (QED) is 0.580. The van der Waals surface area contributed by atoms with Crippen LogP contribution in [0.3, 0.4) is 0 Å². The van der Waals surface area contributed by atoms with Gasteiger partial charge in [0.1, 0.15) is 0 Å². The number of nitrogens with zero attached hydrogens (tertiary/aromatic N) is 1. The minimum atomic E-state index is 0.639. The zero-order valence-corrected chi connectivity index (χ0v) is 13.2. The van der Waals surface area contributed by atoms with Crippen LogP contribution >= 0.6 is 39.7 Å². The average molecular weight is 354 g/mol. The van der Waals surface area contributed by atoms with Crippen molar-refractivity contribution in [2.24, 2.45) is 0 Å². The summed E-state index contributed by atoms with van der Waals surface area (Å²) in [6, 6.07) is 11.9. The van der Waals surface area contributed by atoms with Crippen LogP contribution in [-0.4, -0.2) is 9.55 Å². The molecule has 0 saturated carbocycles. The number of hydrogen-bond donors (Lipinski definition) is 1. The fourth-order valence-electron chi connectivity index (χ4n) is 2.12. The number of halogens is 2. The smallest absolute Gasteiger partial charge is 0.182 e. The lowest BCUT2D eigenvalue weighted by Crippen LogP contribution is -1.95. The summed E-state index contributed by atoms with van der Waals surface area (Å²) in [6.45, 7) is 2.04. The third-order valence-corrected chi connectivity index (χ3v) is 4.08. The Morgan fingerprint density at radius 3 is 2.79 bits per heavy atom. The van der Waals surface area contributed by atoms with Gasteiger partial charge in [-0.05, 0) is 55.0 Å². The van der Waals surface area contributed by atoms with E-state index in [9.17, 15) is 0 Å². The summed E-state index contributed by atoms with van der Waals surface area (Å²) in [5.74, 6) is 0. The first-order valence-corrected chi connectivity index (χ1v) is 7.31. The Morgan fingerprint density at radius 2 is 2.00 bits per heavy atom. The Bertz CT molecular complexity index is 835. The normalized spacial score (nSPS) is 11.1. The topological polar surface area (TPSA) is 20.7 Å². The Balaban J connectivity index is 2.39. The first kappa shape index (κ1) is 12.9. The highest BCUT2D eigenvalue weighted by Gasteiger charge is 2.10. The van der Waals surface area contributed by atoms with Gasteiger partial charge in [-0.1, -0.05) is 33.6 Å². The molecule has 96 valence electrons. The van der Waals surface area contributed by atoms with Crippen LogP contribution in [-0.2, 0) is 0 Å². The van der Waals surface area contributed by atoms with Crippen LogP contribution in [0.4, 0.5) is 0 Å². The van der Waals surface area contributed by atoms with Gasteiger partial charge >= 0.3 is 0 Å². The third-order valence-electron chi connectivity index (χ3n) is 2.99. The highest BCUT2D eigenvalue weighted by Crippen LogP contribution is 2.27. The van der Waals surface area contributed by atoms with Crippen molar-refractivity contribution in [1.29, 1.82) is 0 Å². The van der Waals surface area contributed by atoms with E-state index in [1.165, 1.54) is 0 Å². The molecule has 0 saturated heterocycles. The van der Waals surface area contributed by atoms with Crippen molar-refractivity contribution >= 4 is 50.8 Å². The number of hydrogen-bond acceptors (Lipinski definition) is 1. The standard InChI is InChI=1S/C14H10BrClN2S/c1-8-2-4-10(16)13(6-8)18-12-5-3-9(15)7-11(12)17-14(18)19/h2-7H,1H3,(H,17,19). The number of benzene rings is 2. The largest absolute Gasteiger partial charge is 0.330 e. The highest BCUT2D eigenvalue weighted by molar-refractivity contribution is 9.10. The predicted octanol–water partition coefficient (Wildman–Crippen LogP) is 5.41. The minimum Gasteiger partial charge on any atom is -0.330 e. The summed E-state index contributed by atoms with van der Waals surface area (Å²) in [4.78, 5) is 3.20. The van der Waals surface area contributed by atoms with Crippen LogP contribution in [0.1, 0.15) is 5.56 Å². The Labute approximate surface area is 129 Å². The van der Waals surface area contributed by atoms with Crippen molar-refractivity contribution in [3.8, 4) is 5.69 Å². The molecule has 0 bridgehead atoms. The molecule has 0 spiro atoms. The van der Waals surface area contributed by atoms with E-state index in [0.717, 1.165) is 26.8 Å². The molecule has 1 aromatic heterocycles. The van der Waals surface area contributed by atoms with Crippen LogP contribution in [0.15, 0.2) is 40.9 Å². The van der Waals surface area contributed by atoms with E-state index < -0.39 is 0 Å². The van der Waals surface area contributed by atoms with Gasteiger partial charge < -0.3 is 4.98 Å². The summed E-state index contributed by atoms with van der Waals surface area (Å²) in [6.07, 6.45) is 0. The van der Waals surface area contributed by atoms with Gasteiger partial charge in [0, 0.05) is 4.47 Å². The van der Waals surface area contributed by atoms with Crippen molar-refractivity contribution in [2.75, 3.05) is 0 Å². The van der Waals surface area contributed by atoms with Crippen LogP contribution in [0.5, 0.6) is 0 Å². The van der Waals surface area contributed by atoms with Gasteiger partial charge in [-0.2, -0.15) is 0 Å². The molecule has 1 N–H and O–H groups in total. The minimum absolute atomic E-state index is 0.639. The van der Waals surface area contributed by atoms with E-state index in [4.69, 9.17) is 23.8 Å². The summed E-state index contributed by atoms with van der Waals surface area (Å²) in [7, 11) is 0. The second kappa shape index (κ2) is 4.78. The second-order valence-electron chi connectivity index (χ2n) is 4.38. The second-order valence-corrected chi connectivity index (χ2v) is 6.09. The molecule has 5 heteroatoms. The van der Waals surface area contributed by atoms with E-state index >= 15 is 0 Å². The fourth-order valence-corrected chi connectivity index (χ4v) is 2.99. The Morgan fingerprint density at radius 1 is 1.21 bits per heavy atom. The van der Waals surface area contributed by atoms with Crippen molar-refractivity contribution in [2.45, 2.75) is 6.92 Å². The fraction of sp³-hybridized carbons (Fsp3) is 0.0714. The molecule has 0 atom stereocenters. The van der Waals surface area contributed by atoms with Crippen LogP contribution in [0, 0.1) is 11.7 Å². The summed E-state index contributed by atoms with van der Waals surface area (Å²) in [5.41, 5.74) is 4.05. The molecule has 0 aliphatic heterocycles. The Kier molecular flexibility index (Phi) is 3.25. The number of nitrogens with one attached hydrogen (secondary N) is 1. The maximum absolute atomic E-state index is 6.30. The summed E-state index contributed by atoms with van der Waals surface area (Å²) >= 11 is 15.2. The van der Waals surface area contributed by atoms with Gasteiger partial charge in [-0.3, -0.25) is 4.57 Å². The van der Waals surface area contributed by atoms with Crippen molar-refractivity contribution in [1.82, 2.24) is 9.55 Å². The molecule has 0 aliphatic carbocycles. The van der Waals surface area contributed by atoms with Gasteiger partial charge in [0.05, 0.1) is 21.7 Å². The molecule has 1 heterocycles. The van der Waals surface area contributed by atoms with E-state index in [1.54, 1.807) is 0 Å². The van der Waals surface area contributed by atoms with Crippen molar-refractivity contribution in [3.05, 3.63) is 56.2 Å². The summed E-state index contributed by atoms with van der Waals surface area (Å²) in [5, 5.41) is 0.686. The molecule has 2 nitrogen and oxygen atoms in total. The van der Waals surface area contributed by atoms with E-state index in [2.05, 4.69) is 20.9 Å². The molecule has 19 heavy (non-hydrogen) atoms. The maximum Gasteiger partial charge on any atom is 0.182 e. The third kappa shape index (κ3) is 2.24. The van der Waals surface area contributed by atoms with Gasteiger partial charge in [0.15, 0.2) is 4.77 Å². The lowest BCUT2D eigenvalue weighted by Gasteiger charge is -2.08. The lowest BCUT2D eigenvalue weighted by atomic mass is 10.2. The van der Waals surface area contributed by atoms with Crippen molar-refractivity contribution in [3.63, 3.8) is 0 Å². The van der Waals surface area contributed by atoms with Gasteiger partial charge in [-0.25, -0.2) is 0 Å². The average Bonchev–Trinajstić information content (AvgIpc) is 2.67. The molecule has 0 unspecified atom stereocenters. The first-order chi connectivity index (χ1) is 9.06. The highest BCUT2D eigenvalue weighted by atomic mass is 79.9. The number of imidazole rings is 1. The zero-order valence-electron chi connectivity index (χ0n) is 10.1. The molecule has 3 aromatic rings. The molecule has 0 aliphatic rings. The molecule has 3 rings (SSSR count). The molecule has 0 fully saturated rings. The maximum atomic E-state index is 6.30. The van der Waals surface area contributed by atoms with Crippen molar-refractivity contribution < 1.29 is 0 Å². The first-order valence-electron chi connectivity index (χ1n) is 5.73. The number of rotatable bonds is 1. The number of fused-ring (bicyclic) bond motifs is 1. The van der Waals surface area contributed by atoms with Gasteiger partial charge in [0.25, 0.3) is 0 Å². The molecular weight excluding hydrogens is 344 g/mol. The van der Waals surface area contributed by atoms with Gasteiger partial charge in [-0.15, -0.1) is 0 Å². The molecule has 2 aromatic carbocycles. The van der Waals surface area contributed by atoms with E-state index in [0.29, 0.717) is 9.79 Å². The molecule has 0 radical (unpaired) electrons. The number of aromatic nitrogens is 2. The predicted molar refractivity (Wildman–Crippen MR) is 85.9 cm³/mol. The van der Waals surface area contributed by atoms with E-state index in [1.807, 2.05) is 47.9 Å². The summed E-state index contributed by atoms with van der Waals surface area (Å²) < 4.78 is 3.62. The van der Waals surface area contributed by atoms with Gasteiger partial charge in [0.2, 0.25) is 0 Å². The van der Waals surface area contributed by atoms with E-state index in [-0.39, 0.29) is 0 Å². The van der Waals surface area contributed by atoms with Crippen LogP contribution in [0.2, 0.25) is 5.02 Å². The lowest BCUT2D eigenvalue weighted by molar-refractivity contribution is 1.06. The van der Waals surface area contributed by atoms with Crippen LogP contribution in [0.25, 0.3) is 16.7 Å². The monoisotopic (exact) mass is 352 g/mol.